The van der Waals surface area contributed by atoms with Crippen LogP contribution in [0.3, 0.4) is 0 Å². The molecule has 1 rings (SSSR count). The second-order valence-corrected chi connectivity index (χ2v) is 19.5. The van der Waals surface area contributed by atoms with Gasteiger partial charge in [0.25, 0.3) is 0 Å². The zero-order valence-corrected chi connectivity index (χ0v) is 17.2. The first-order valence-electron chi connectivity index (χ1n) is 8.71. The van der Waals surface area contributed by atoms with Gasteiger partial charge in [-0.1, -0.05) is 0 Å². The van der Waals surface area contributed by atoms with Gasteiger partial charge in [-0.15, -0.1) is 0 Å². The molecule has 120 valence electrons. The van der Waals surface area contributed by atoms with Crippen LogP contribution >= 0.6 is 0 Å². The van der Waals surface area contributed by atoms with Crippen LogP contribution in [-0.4, -0.2) is 23.4 Å². The van der Waals surface area contributed by atoms with Crippen LogP contribution in [0.25, 0.3) is 0 Å². The van der Waals surface area contributed by atoms with E-state index < -0.39 is 18.4 Å². The molecule has 0 N–H and O–H groups in total. The van der Waals surface area contributed by atoms with E-state index in [2.05, 4.69) is 25.8 Å². The van der Waals surface area contributed by atoms with Gasteiger partial charge in [-0.25, -0.2) is 0 Å². The summed E-state index contributed by atoms with van der Waals surface area (Å²) in [5.74, 6) is 0.0732. The van der Waals surface area contributed by atoms with Crippen LogP contribution in [-0.2, 0) is 0 Å². The Bertz CT molecular complexity index is 398. The van der Waals surface area contributed by atoms with Gasteiger partial charge < -0.3 is 0 Å². The van der Waals surface area contributed by atoms with Crippen LogP contribution in [0, 0.1) is 12.7 Å². The van der Waals surface area contributed by atoms with Crippen LogP contribution in [0.5, 0.6) is 0 Å². The van der Waals surface area contributed by atoms with Crippen LogP contribution in [0.4, 0.5) is 4.39 Å². The second-order valence-electron chi connectivity index (χ2n) is 6.41. The number of aryl methyl sites for hydroxylation is 1. The first-order valence-corrected chi connectivity index (χ1v) is 16.2. The van der Waals surface area contributed by atoms with Gasteiger partial charge in [-0.3, -0.25) is 0 Å². The maximum absolute atomic E-state index is 14.8. The van der Waals surface area contributed by atoms with Gasteiger partial charge in [0.2, 0.25) is 0 Å². The zero-order chi connectivity index (χ0) is 15.7. The van der Waals surface area contributed by atoms with Gasteiger partial charge in [-0.05, 0) is 0 Å². The van der Waals surface area contributed by atoms with Crippen molar-refractivity contribution in [2.24, 2.45) is 0 Å². The fourth-order valence-electron chi connectivity index (χ4n) is 3.24. The average molecular weight is 400 g/mol. The van der Waals surface area contributed by atoms with E-state index in [1.54, 1.807) is 6.20 Å². The molecular formula is C18H32FNSn. The minimum atomic E-state index is -2.64. The fraction of sp³-hybridized carbons (Fsp3) is 0.722. The summed E-state index contributed by atoms with van der Waals surface area (Å²) in [6, 6.07) is 0. The van der Waals surface area contributed by atoms with Crippen LogP contribution in [0.15, 0.2) is 12.4 Å². The molecule has 0 aromatic carbocycles. The van der Waals surface area contributed by atoms with Gasteiger partial charge >= 0.3 is 135 Å². The normalized spacial score (nSPS) is 11.9. The van der Waals surface area contributed by atoms with Crippen molar-refractivity contribution < 1.29 is 4.39 Å². The molecule has 0 amide bonds. The molecule has 1 aromatic heterocycles. The van der Waals surface area contributed by atoms with E-state index in [4.69, 9.17) is 0 Å². The number of hydrogen-bond acceptors (Lipinski definition) is 1. The van der Waals surface area contributed by atoms with Gasteiger partial charge in [0.15, 0.2) is 0 Å². The first-order chi connectivity index (χ1) is 10.1. The predicted octanol–water partition coefficient (Wildman–Crippen LogP) is 5.59. The third-order valence-electron chi connectivity index (χ3n) is 4.65. The van der Waals surface area contributed by atoms with Crippen LogP contribution < -0.4 is 3.58 Å². The zero-order valence-electron chi connectivity index (χ0n) is 14.3. The van der Waals surface area contributed by atoms with Crippen molar-refractivity contribution in [3.8, 4) is 0 Å². The Labute approximate surface area is 134 Å². The molecule has 21 heavy (non-hydrogen) atoms. The Kier molecular flexibility index (Phi) is 8.84. The summed E-state index contributed by atoms with van der Waals surface area (Å²) >= 11 is -2.64. The van der Waals surface area contributed by atoms with E-state index in [0.29, 0.717) is 0 Å². The molecule has 0 atom stereocenters. The van der Waals surface area contributed by atoms with E-state index in [0.717, 1.165) is 9.14 Å². The molecule has 0 aliphatic rings. The summed E-state index contributed by atoms with van der Waals surface area (Å²) in [6.07, 6.45) is 11.0. The molecule has 0 fully saturated rings. The Morgan fingerprint density at radius 2 is 1.38 bits per heavy atom. The maximum atomic E-state index is 14.8. The standard InChI is InChI=1S/C6H5FN.3C4H9.Sn/c1-5-4-8-3-2-6(5)7;3*1-3-4-2;/h3-4H,1H3;3*1,3-4H2,2H3;. The number of aromatic nitrogens is 1. The Morgan fingerprint density at radius 3 is 1.81 bits per heavy atom. The van der Waals surface area contributed by atoms with Crippen molar-refractivity contribution >= 4 is 22.0 Å². The quantitative estimate of drug-likeness (QED) is 0.467. The third-order valence-corrected chi connectivity index (χ3v) is 20.1. The van der Waals surface area contributed by atoms with E-state index in [1.165, 1.54) is 51.8 Å². The molecule has 0 unspecified atom stereocenters. The minimum absolute atomic E-state index is 0.0732. The summed E-state index contributed by atoms with van der Waals surface area (Å²) in [7, 11) is 0. The molecule has 0 saturated heterocycles. The van der Waals surface area contributed by atoms with E-state index in [-0.39, 0.29) is 5.82 Å². The van der Waals surface area contributed by atoms with Gasteiger partial charge in [-0.2, -0.15) is 0 Å². The number of unbranched alkanes of at least 4 members (excludes halogenated alkanes) is 3. The summed E-state index contributed by atoms with van der Waals surface area (Å²) in [4.78, 5) is 4.35. The molecule has 0 spiro atoms. The van der Waals surface area contributed by atoms with E-state index in [1.807, 2.05) is 13.1 Å². The number of pyridine rings is 1. The van der Waals surface area contributed by atoms with Crippen molar-refractivity contribution in [2.45, 2.75) is 79.5 Å². The molecular weight excluding hydrogens is 368 g/mol. The van der Waals surface area contributed by atoms with Gasteiger partial charge in [0.05, 0.1) is 0 Å². The monoisotopic (exact) mass is 401 g/mol. The molecule has 1 heterocycles. The van der Waals surface area contributed by atoms with Gasteiger partial charge in [0, 0.05) is 0 Å². The third kappa shape index (κ3) is 5.22. The second kappa shape index (κ2) is 9.81. The molecule has 0 aliphatic heterocycles. The molecule has 0 aliphatic carbocycles. The number of hydrogen-bond donors (Lipinski definition) is 0. The molecule has 1 aromatic rings. The van der Waals surface area contributed by atoms with Crippen molar-refractivity contribution in [1.82, 2.24) is 4.98 Å². The number of halogens is 1. The molecule has 3 heteroatoms. The van der Waals surface area contributed by atoms with Crippen molar-refractivity contribution in [3.63, 3.8) is 0 Å². The predicted molar refractivity (Wildman–Crippen MR) is 93.5 cm³/mol. The van der Waals surface area contributed by atoms with E-state index >= 15 is 0 Å². The molecule has 0 radical (unpaired) electrons. The summed E-state index contributed by atoms with van der Waals surface area (Å²) in [5, 5.41) is 0. The van der Waals surface area contributed by atoms with Crippen LogP contribution in [0.2, 0.25) is 13.3 Å². The number of nitrogens with zero attached hydrogens (tertiary/aromatic N) is 1. The van der Waals surface area contributed by atoms with Crippen molar-refractivity contribution in [2.75, 3.05) is 0 Å². The summed E-state index contributed by atoms with van der Waals surface area (Å²) < 4.78 is 19.8. The summed E-state index contributed by atoms with van der Waals surface area (Å²) in [6.45, 7) is 8.62. The summed E-state index contributed by atoms with van der Waals surface area (Å²) in [5.41, 5.74) is 0.734. The van der Waals surface area contributed by atoms with Crippen molar-refractivity contribution in [1.29, 1.82) is 0 Å². The Hall–Kier alpha value is -0.121. The van der Waals surface area contributed by atoms with Crippen molar-refractivity contribution in [3.05, 3.63) is 23.8 Å². The molecule has 0 saturated carbocycles. The Morgan fingerprint density at radius 1 is 0.905 bits per heavy atom. The molecule has 1 nitrogen and oxygen atoms in total. The van der Waals surface area contributed by atoms with Gasteiger partial charge in [0.1, 0.15) is 0 Å². The molecule has 0 bridgehead atoms. The first kappa shape index (κ1) is 18.9. The van der Waals surface area contributed by atoms with E-state index in [9.17, 15) is 4.39 Å². The number of rotatable bonds is 10. The average Bonchev–Trinajstić information content (AvgIpc) is 2.50. The fourth-order valence-corrected chi connectivity index (χ4v) is 19.4. The SMILES string of the molecule is CCC[CH2][Sn]([CH2]CCC)([CH2]CCC)[c]1cncc(C)c1F. The van der Waals surface area contributed by atoms with Crippen LogP contribution in [0.1, 0.15) is 64.9 Å². The Balaban J connectivity index is 3.19. The topological polar surface area (TPSA) is 12.9 Å².